The van der Waals surface area contributed by atoms with Crippen molar-refractivity contribution >= 4 is 23.6 Å². The van der Waals surface area contributed by atoms with E-state index in [1.54, 1.807) is 11.8 Å². The van der Waals surface area contributed by atoms with Gasteiger partial charge in [0.1, 0.15) is 5.54 Å². The number of carbonyl (C=O) groups excluding carboxylic acids is 1. The number of carboxylic acid groups (broad SMARTS) is 1. The second kappa shape index (κ2) is 5.95. The molecule has 1 unspecified atom stereocenters. The Labute approximate surface area is 112 Å². The Hall–Kier alpha value is -0.710. The van der Waals surface area contributed by atoms with Gasteiger partial charge in [-0.05, 0) is 31.4 Å². The number of rotatable bonds is 3. The lowest BCUT2D eigenvalue weighted by Crippen LogP contribution is -2.56. The first-order chi connectivity index (χ1) is 8.64. The van der Waals surface area contributed by atoms with Gasteiger partial charge in [0.25, 0.3) is 0 Å². The minimum absolute atomic E-state index is 0.0375. The zero-order valence-electron chi connectivity index (χ0n) is 10.6. The van der Waals surface area contributed by atoms with Gasteiger partial charge in [0, 0.05) is 0 Å². The fraction of sp³-hybridized carbons (Fsp3) is 0.846. The summed E-state index contributed by atoms with van der Waals surface area (Å²) < 4.78 is 0. The smallest absolute Gasteiger partial charge is 0.329 e. The Morgan fingerprint density at radius 2 is 1.78 bits per heavy atom. The molecule has 1 aliphatic heterocycles. The van der Waals surface area contributed by atoms with Crippen molar-refractivity contribution in [3.8, 4) is 0 Å². The average Bonchev–Trinajstić information content (AvgIpc) is 2.77. The van der Waals surface area contributed by atoms with Crippen molar-refractivity contribution in [3.05, 3.63) is 0 Å². The molecule has 102 valence electrons. The van der Waals surface area contributed by atoms with Gasteiger partial charge >= 0.3 is 5.97 Å². The summed E-state index contributed by atoms with van der Waals surface area (Å²) in [5.41, 5.74) is -1.00. The maximum Gasteiger partial charge on any atom is 0.329 e. The van der Waals surface area contributed by atoms with Crippen molar-refractivity contribution in [2.24, 2.45) is 0 Å². The normalized spacial score (nSPS) is 27.4. The molecular formula is C13H21NO3S. The maximum atomic E-state index is 12.1. The fourth-order valence-corrected chi connectivity index (χ4v) is 3.99. The molecule has 4 nitrogen and oxygen atoms in total. The summed E-state index contributed by atoms with van der Waals surface area (Å²) in [6.07, 6.45) is 7.02. The van der Waals surface area contributed by atoms with E-state index in [4.69, 9.17) is 0 Å². The molecule has 2 rings (SSSR count). The van der Waals surface area contributed by atoms with Crippen LogP contribution in [0.25, 0.3) is 0 Å². The third-order valence-corrected chi connectivity index (χ3v) is 5.33. The molecule has 0 aromatic rings. The summed E-state index contributed by atoms with van der Waals surface area (Å²) in [7, 11) is 0. The quantitative estimate of drug-likeness (QED) is 0.772. The van der Waals surface area contributed by atoms with Crippen molar-refractivity contribution in [1.82, 2.24) is 5.32 Å². The number of amides is 1. The van der Waals surface area contributed by atoms with E-state index in [0.29, 0.717) is 12.8 Å². The SMILES string of the molecule is O=C(NC1(C(=O)O)CCCCCC1)C1CCCS1. The number of nitrogens with one attached hydrogen (secondary N) is 1. The van der Waals surface area contributed by atoms with E-state index in [-0.39, 0.29) is 11.2 Å². The van der Waals surface area contributed by atoms with Crippen LogP contribution in [0.4, 0.5) is 0 Å². The number of hydrogen-bond donors (Lipinski definition) is 2. The van der Waals surface area contributed by atoms with Gasteiger partial charge in [-0.3, -0.25) is 4.79 Å². The predicted molar refractivity (Wildman–Crippen MR) is 71.7 cm³/mol. The summed E-state index contributed by atoms with van der Waals surface area (Å²) >= 11 is 1.65. The molecule has 1 atom stereocenters. The first-order valence-corrected chi connectivity index (χ1v) is 7.86. The molecular weight excluding hydrogens is 250 g/mol. The molecule has 2 fully saturated rings. The van der Waals surface area contributed by atoms with Gasteiger partial charge in [0.05, 0.1) is 5.25 Å². The van der Waals surface area contributed by atoms with Crippen LogP contribution in [-0.2, 0) is 9.59 Å². The highest BCUT2D eigenvalue weighted by atomic mass is 32.2. The van der Waals surface area contributed by atoms with E-state index in [1.807, 2.05) is 0 Å². The van der Waals surface area contributed by atoms with Gasteiger partial charge in [-0.15, -0.1) is 11.8 Å². The maximum absolute atomic E-state index is 12.1. The number of thioether (sulfide) groups is 1. The molecule has 0 bridgehead atoms. The van der Waals surface area contributed by atoms with Crippen LogP contribution in [0.3, 0.4) is 0 Å². The molecule has 1 saturated carbocycles. The monoisotopic (exact) mass is 271 g/mol. The van der Waals surface area contributed by atoms with Crippen LogP contribution in [0.2, 0.25) is 0 Å². The van der Waals surface area contributed by atoms with Crippen LogP contribution in [-0.4, -0.2) is 33.5 Å². The molecule has 0 aromatic heterocycles. The van der Waals surface area contributed by atoms with Crippen molar-refractivity contribution in [3.63, 3.8) is 0 Å². The third kappa shape index (κ3) is 2.99. The fourth-order valence-electron chi connectivity index (χ4n) is 2.83. The highest BCUT2D eigenvalue weighted by molar-refractivity contribution is 8.00. The Morgan fingerprint density at radius 1 is 1.11 bits per heavy atom. The molecule has 1 heterocycles. The van der Waals surface area contributed by atoms with Crippen LogP contribution >= 0.6 is 11.8 Å². The summed E-state index contributed by atoms with van der Waals surface area (Å²) in [6, 6.07) is 0. The van der Waals surface area contributed by atoms with Crippen molar-refractivity contribution in [2.45, 2.75) is 62.2 Å². The van der Waals surface area contributed by atoms with E-state index in [9.17, 15) is 14.7 Å². The second-order valence-corrected chi connectivity index (χ2v) is 6.60. The Bertz CT molecular complexity index is 318. The average molecular weight is 271 g/mol. The molecule has 1 saturated heterocycles. The number of hydrogen-bond acceptors (Lipinski definition) is 3. The number of carbonyl (C=O) groups is 2. The summed E-state index contributed by atoms with van der Waals surface area (Å²) in [4.78, 5) is 23.7. The summed E-state index contributed by atoms with van der Waals surface area (Å²) in [5, 5.41) is 12.3. The summed E-state index contributed by atoms with van der Waals surface area (Å²) in [5.74, 6) is 0.0839. The Balaban J connectivity index is 2.04. The van der Waals surface area contributed by atoms with Crippen LogP contribution in [0.15, 0.2) is 0 Å². The van der Waals surface area contributed by atoms with Gasteiger partial charge in [-0.1, -0.05) is 25.7 Å². The lowest BCUT2D eigenvalue weighted by molar-refractivity contribution is -0.148. The summed E-state index contributed by atoms with van der Waals surface area (Å²) in [6.45, 7) is 0. The minimum atomic E-state index is -1.00. The molecule has 1 aliphatic carbocycles. The lowest BCUT2D eigenvalue weighted by atomic mass is 9.90. The first kappa shape index (κ1) is 13.7. The molecule has 0 spiro atoms. The largest absolute Gasteiger partial charge is 0.480 e. The highest BCUT2D eigenvalue weighted by Crippen LogP contribution is 2.30. The van der Waals surface area contributed by atoms with E-state index in [2.05, 4.69) is 5.32 Å². The van der Waals surface area contributed by atoms with Crippen LogP contribution < -0.4 is 5.32 Å². The van der Waals surface area contributed by atoms with E-state index >= 15 is 0 Å². The van der Waals surface area contributed by atoms with E-state index in [1.165, 1.54) is 0 Å². The van der Waals surface area contributed by atoms with Gasteiger partial charge < -0.3 is 10.4 Å². The molecule has 1 amide bonds. The molecule has 0 radical (unpaired) electrons. The predicted octanol–water partition coefficient (Wildman–Crippen LogP) is 2.18. The topological polar surface area (TPSA) is 66.4 Å². The highest BCUT2D eigenvalue weighted by Gasteiger charge is 2.41. The Morgan fingerprint density at radius 3 is 2.28 bits per heavy atom. The van der Waals surface area contributed by atoms with Gasteiger partial charge in [-0.2, -0.15) is 0 Å². The van der Waals surface area contributed by atoms with Crippen molar-refractivity contribution < 1.29 is 14.7 Å². The standard InChI is InChI=1S/C13H21NO3S/c15-11(10-6-5-9-18-10)14-13(12(16)17)7-3-1-2-4-8-13/h10H,1-9H2,(H,14,15)(H,16,17). The number of aliphatic carboxylic acids is 1. The number of carboxylic acids is 1. The molecule has 2 N–H and O–H groups in total. The molecule has 0 aromatic carbocycles. The van der Waals surface area contributed by atoms with Crippen molar-refractivity contribution in [1.29, 1.82) is 0 Å². The zero-order valence-corrected chi connectivity index (χ0v) is 11.4. The third-order valence-electron chi connectivity index (χ3n) is 3.95. The minimum Gasteiger partial charge on any atom is -0.480 e. The van der Waals surface area contributed by atoms with E-state index in [0.717, 1.165) is 44.3 Å². The Kier molecular flexibility index (Phi) is 4.54. The van der Waals surface area contributed by atoms with Gasteiger partial charge in [-0.25, -0.2) is 4.79 Å². The molecule has 5 heteroatoms. The lowest BCUT2D eigenvalue weighted by Gasteiger charge is -2.30. The van der Waals surface area contributed by atoms with Crippen LogP contribution in [0.1, 0.15) is 51.4 Å². The molecule has 2 aliphatic rings. The molecule has 18 heavy (non-hydrogen) atoms. The van der Waals surface area contributed by atoms with Crippen LogP contribution in [0, 0.1) is 0 Å². The first-order valence-electron chi connectivity index (χ1n) is 6.81. The van der Waals surface area contributed by atoms with E-state index < -0.39 is 11.5 Å². The van der Waals surface area contributed by atoms with Crippen LogP contribution in [0.5, 0.6) is 0 Å². The van der Waals surface area contributed by atoms with Crippen molar-refractivity contribution in [2.75, 3.05) is 5.75 Å². The second-order valence-electron chi connectivity index (χ2n) is 5.29. The van der Waals surface area contributed by atoms with Gasteiger partial charge in [0.15, 0.2) is 0 Å². The zero-order chi connectivity index (χ0) is 13.0. The van der Waals surface area contributed by atoms with Gasteiger partial charge in [0.2, 0.25) is 5.91 Å².